The number of benzene rings is 1. The highest BCUT2D eigenvalue weighted by molar-refractivity contribution is 5.54. The third-order valence-corrected chi connectivity index (χ3v) is 3.86. The van der Waals surface area contributed by atoms with Gasteiger partial charge in [-0.25, -0.2) is 8.78 Å². The summed E-state index contributed by atoms with van der Waals surface area (Å²) >= 11 is 0. The Morgan fingerprint density at radius 1 is 1.09 bits per heavy atom. The molecule has 0 atom stereocenters. The molecule has 0 radical (unpaired) electrons. The maximum atomic E-state index is 13.2. The van der Waals surface area contributed by atoms with Crippen LogP contribution in [0.3, 0.4) is 0 Å². The molecule has 1 aliphatic heterocycles. The van der Waals surface area contributed by atoms with Gasteiger partial charge in [-0.2, -0.15) is 4.98 Å². The van der Waals surface area contributed by atoms with Crippen molar-refractivity contribution in [3.63, 3.8) is 0 Å². The van der Waals surface area contributed by atoms with Gasteiger partial charge in [0.05, 0.1) is 13.2 Å². The number of aryl methyl sites for hydroxylation is 1. The molecule has 0 spiro atoms. The summed E-state index contributed by atoms with van der Waals surface area (Å²) in [5.74, 6) is -1.00. The van der Waals surface area contributed by atoms with Crippen molar-refractivity contribution in [1.82, 2.24) is 15.0 Å². The highest BCUT2D eigenvalue weighted by atomic mass is 19.2. The van der Waals surface area contributed by atoms with E-state index in [9.17, 15) is 8.78 Å². The maximum Gasteiger partial charge on any atom is 0.226 e. The number of morpholine rings is 1. The standard InChI is InChI=1S/C16H19F2N3O2/c17-13-5-4-12(11-14(13)18)16-19-15(23-20-16)3-1-2-6-21-7-9-22-10-8-21/h4-5,11H,1-3,6-10H2. The van der Waals surface area contributed by atoms with E-state index in [4.69, 9.17) is 9.26 Å². The van der Waals surface area contributed by atoms with E-state index in [1.807, 2.05) is 0 Å². The monoisotopic (exact) mass is 323 g/mol. The molecule has 2 aromatic rings. The minimum Gasteiger partial charge on any atom is -0.379 e. The predicted molar refractivity (Wildman–Crippen MR) is 79.8 cm³/mol. The van der Waals surface area contributed by atoms with Gasteiger partial charge >= 0.3 is 0 Å². The summed E-state index contributed by atoms with van der Waals surface area (Å²) in [6, 6.07) is 3.57. The van der Waals surface area contributed by atoms with Crippen molar-refractivity contribution in [1.29, 1.82) is 0 Å². The Hall–Kier alpha value is -1.86. The van der Waals surface area contributed by atoms with E-state index in [-0.39, 0.29) is 5.82 Å². The van der Waals surface area contributed by atoms with Crippen LogP contribution in [0.25, 0.3) is 11.4 Å². The van der Waals surface area contributed by atoms with Crippen molar-refractivity contribution in [2.75, 3.05) is 32.8 Å². The third kappa shape index (κ3) is 4.33. The first kappa shape index (κ1) is 16.0. The van der Waals surface area contributed by atoms with Crippen LogP contribution in [0.1, 0.15) is 18.7 Å². The van der Waals surface area contributed by atoms with Crippen molar-refractivity contribution in [2.24, 2.45) is 0 Å². The van der Waals surface area contributed by atoms with Gasteiger partial charge in [0.1, 0.15) is 0 Å². The summed E-state index contributed by atoms with van der Waals surface area (Å²) in [5.41, 5.74) is 0.409. The highest BCUT2D eigenvalue weighted by Crippen LogP contribution is 2.19. The predicted octanol–water partition coefficient (Wildman–Crippen LogP) is 2.67. The summed E-state index contributed by atoms with van der Waals surface area (Å²) in [5, 5.41) is 3.82. The molecule has 0 aliphatic carbocycles. The van der Waals surface area contributed by atoms with Crippen LogP contribution < -0.4 is 0 Å². The molecule has 1 aromatic heterocycles. The lowest BCUT2D eigenvalue weighted by atomic mass is 10.2. The van der Waals surface area contributed by atoms with E-state index in [2.05, 4.69) is 15.0 Å². The normalized spacial score (nSPS) is 15.9. The largest absolute Gasteiger partial charge is 0.379 e. The molecule has 5 nitrogen and oxygen atoms in total. The second-order valence-corrected chi connectivity index (χ2v) is 5.55. The van der Waals surface area contributed by atoms with E-state index < -0.39 is 11.6 Å². The van der Waals surface area contributed by atoms with Gasteiger partial charge in [0.2, 0.25) is 11.7 Å². The molecule has 1 aromatic carbocycles. The van der Waals surface area contributed by atoms with Gasteiger partial charge in [0, 0.05) is 25.1 Å². The van der Waals surface area contributed by atoms with Crippen molar-refractivity contribution in [2.45, 2.75) is 19.3 Å². The average molecular weight is 323 g/mol. The zero-order valence-corrected chi connectivity index (χ0v) is 12.8. The summed E-state index contributed by atoms with van der Waals surface area (Å²) in [7, 11) is 0. The van der Waals surface area contributed by atoms with Crippen LogP contribution >= 0.6 is 0 Å². The van der Waals surface area contributed by atoms with Crippen LogP contribution in [-0.4, -0.2) is 47.9 Å². The summed E-state index contributed by atoms with van der Waals surface area (Å²) in [6.07, 6.45) is 2.67. The molecule has 0 bridgehead atoms. The fourth-order valence-electron chi connectivity index (χ4n) is 2.55. The number of hydrogen-bond donors (Lipinski definition) is 0. The van der Waals surface area contributed by atoms with Gasteiger partial charge in [0.25, 0.3) is 0 Å². The molecule has 0 amide bonds. The first-order valence-corrected chi connectivity index (χ1v) is 7.80. The number of rotatable bonds is 6. The first-order chi connectivity index (χ1) is 11.2. The summed E-state index contributed by atoms with van der Waals surface area (Å²) in [4.78, 5) is 6.61. The average Bonchev–Trinajstić information content (AvgIpc) is 3.04. The number of nitrogens with zero attached hydrogens (tertiary/aromatic N) is 3. The Labute approximate surface area is 133 Å². The van der Waals surface area contributed by atoms with Gasteiger partial charge in [-0.15, -0.1) is 0 Å². The van der Waals surface area contributed by atoms with E-state index >= 15 is 0 Å². The van der Waals surface area contributed by atoms with E-state index in [0.29, 0.717) is 17.9 Å². The Balaban J connectivity index is 1.48. The molecule has 124 valence electrons. The fraction of sp³-hybridized carbons (Fsp3) is 0.500. The lowest BCUT2D eigenvalue weighted by molar-refractivity contribution is 0.0371. The van der Waals surface area contributed by atoms with Crippen LogP contribution in [0.15, 0.2) is 22.7 Å². The van der Waals surface area contributed by atoms with Gasteiger partial charge in [0.15, 0.2) is 11.6 Å². The highest BCUT2D eigenvalue weighted by Gasteiger charge is 2.12. The second-order valence-electron chi connectivity index (χ2n) is 5.55. The topological polar surface area (TPSA) is 51.4 Å². The molecule has 1 aliphatic rings. The van der Waals surface area contributed by atoms with Gasteiger partial charge in [-0.3, -0.25) is 4.90 Å². The minimum absolute atomic E-state index is 0.284. The van der Waals surface area contributed by atoms with Gasteiger partial charge in [-0.1, -0.05) is 5.16 Å². The van der Waals surface area contributed by atoms with Gasteiger partial charge in [-0.05, 0) is 37.6 Å². The molecule has 2 heterocycles. The van der Waals surface area contributed by atoms with Crippen molar-refractivity contribution in [3.8, 4) is 11.4 Å². The SMILES string of the molecule is Fc1ccc(-c2noc(CCCCN3CCOCC3)n2)cc1F. The number of aromatic nitrogens is 2. The smallest absolute Gasteiger partial charge is 0.226 e. The number of halogens is 2. The van der Waals surface area contributed by atoms with Gasteiger partial charge < -0.3 is 9.26 Å². The molecule has 0 unspecified atom stereocenters. The van der Waals surface area contributed by atoms with E-state index in [1.165, 1.54) is 6.07 Å². The number of hydrogen-bond acceptors (Lipinski definition) is 5. The van der Waals surface area contributed by atoms with Crippen molar-refractivity contribution in [3.05, 3.63) is 35.7 Å². The quantitative estimate of drug-likeness (QED) is 0.765. The molecule has 3 rings (SSSR count). The number of ether oxygens (including phenoxy) is 1. The summed E-state index contributed by atoms with van der Waals surface area (Å²) in [6.45, 7) is 4.62. The first-order valence-electron chi connectivity index (χ1n) is 7.80. The minimum atomic E-state index is -0.917. The van der Waals surface area contributed by atoms with E-state index in [0.717, 1.165) is 57.8 Å². The van der Waals surface area contributed by atoms with Crippen LogP contribution in [-0.2, 0) is 11.2 Å². The summed E-state index contributed by atoms with van der Waals surface area (Å²) < 4.78 is 36.6. The Bertz CT molecular complexity index is 642. The van der Waals surface area contributed by atoms with Crippen LogP contribution in [0.4, 0.5) is 8.78 Å². The Kier molecular flexibility index (Phi) is 5.30. The molecular formula is C16H19F2N3O2. The fourth-order valence-corrected chi connectivity index (χ4v) is 2.55. The zero-order chi connectivity index (χ0) is 16.1. The molecule has 0 saturated carbocycles. The lowest BCUT2D eigenvalue weighted by Gasteiger charge is -2.26. The van der Waals surface area contributed by atoms with Crippen molar-refractivity contribution >= 4 is 0 Å². The lowest BCUT2D eigenvalue weighted by Crippen LogP contribution is -2.36. The maximum absolute atomic E-state index is 13.2. The third-order valence-electron chi connectivity index (χ3n) is 3.86. The number of unbranched alkanes of at least 4 members (excludes halogenated alkanes) is 1. The Morgan fingerprint density at radius 3 is 2.70 bits per heavy atom. The van der Waals surface area contributed by atoms with Crippen LogP contribution in [0.2, 0.25) is 0 Å². The Morgan fingerprint density at radius 2 is 1.91 bits per heavy atom. The van der Waals surface area contributed by atoms with E-state index in [1.54, 1.807) is 0 Å². The van der Waals surface area contributed by atoms with Crippen LogP contribution in [0, 0.1) is 11.6 Å². The molecule has 1 saturated heterocycles. The van der Waals surface area contributed by atoms with Crippen molar-refractivity contribution < 1.29 is 18.0 Å². The molecule has 1 fully saturated rings. The zero-order valence-electron chi connectivity index (χ0n) is 12.8. The van der Waals surface area contributed by atoms with Crippen LogP contribution in [0.5, 0.6) is 0 Å². The molecule has 23 heavy (non-hydrogen) atoms. The molecular weight excluding hydrogens is 304 g/mol. The second kappa shape index (κ2) is 7.61. The molecule has 0 N–H and O–H groups in total. The molecule has 7 heteroatoms.